The molecule has 0 radical (unpaired) electrons. The van der Waals surface area contributed by atoms with Gasteiger partial charge in [-0.05, 0) is 30.7 Å². The normalized spacial score (nSPS) is 28.1. The second-order valence-corrected chi connectivity index (χ2v) is 5.69. The zero-order valence-electron chi connectivity index (χ0n) is 11.8. The lowest BCUT2D eigenvalue weighted by Gasteiger charge is -2.33. The molecule has 0 heterocycles. The largest absolute Gasteiger partial charge is 0.496 e. The summed E-state index contributed by atoms with van der Waals surface area (Å²) in [6.45, 7) is 5.64. The smallest absolute Gasteiger partial charge is 0.123 e. The molecular formula is C16H25NO. The van der Waals surface area contributed by atoms with Crippen molar-refractivity contribution < 1.29 is 4.74 Å². The lowest BCUT2D eigenvalue weighted by atomic mass is 9.80. The number of hydrogen-bond donors (Lipinski definition) is 1. The second-order valence-electron chi connectivity index (χ2n) is 5.69. The summed E-state index contributed by atoms with van der Waals surface area (Å²) >= 11 is 0. The van der Waals surface area contributed by atoms with E-state index in [2.05, 4.69) is 31.3 Å². The van der Waals surface area contributed by atoms with Gasteiger partial charge in [-0.1, -0.05) is 38.5 Å². The van der Waals surface area contributed by atoms with Crippen LogP contribution in [0.4, 0.5) is 0 Å². The Morgan fingerprint density at radius 3 is 2.78 bits per heavy atom. The summed E-state index contributed by atoms with van der Waals surface area (Å²) in [6.07, 6.45) is 4.04. The minimum Gasteiger partial charge on any atom is -0.496 e. The average molecular weight is 247 g/mol. The quantitative estimate of drug-likeness (QED) is 0.877. The molecule has 1 aromatic rings. The average Bonchev–Trinajstić information content (AvgIpc) is 2.40. The van der Waals surface area contributed by atoms with Gasteiger partial charge in [0.15, 0.2) is 0 Å². The number of benzene rings is 1. The van der Waals surface area contributed by atoms with Crippen LogP contribution in [0.3, 0.4) is 0 Å². The third-order valence-corrected chi connectivity index (χ3v) is 4.21. The molecule has 3 atom stereocenters. The molecule has 100 valence electrons. The molecule has 2 nitrogen and oxygen atoms in total. The lowest BCUT2D eigenvalue weighted by molar-refractivity contribution is 0.227. The standard InChI is InChI=1S/C16H25NO/c1-12-8-9-13(2)15(10-12)17-11-14-6-4-5-7-16(14)18-3/h4-7,12-13,15,17H,8-11H2,1-3H3. The van der Waals surface area contributed by atoms with Crippen molar-refractivity contribution >= 4 is 0 Å². The van der Waals surface area contributed by atoms with Crippen LogP contribution in [0.5, 0.6) is 5.75 Å². The third-order valence-electron chi connectivity index (χ3n) is 4.21. The van der Waals surface area contributed by atoms with Crippen LogP contribution < -0.4 is 10.1 Å². The number of para-hydroxylation sites is 1. The third kappa shape index (κ3) is 3.26. The first kappa shape index (κ1) is 13.4. The molecule has 2 rings (SSSR count). The molecule has 1 aromatic carbocycles. The van der Waals surface area contributed by atoms with Gasteiger partial charge < -0.3 is 10.1 Å². The van der Waals surface area contributed by atoms with E-state index in [1.807, 2.05) is 12.1 Å². The SMILES string of the molecule is COc1ccccc1CNC1CC(C)CCC1C. The maximum atomic E-state index is 5.39. The number of hydrogen-bond acceptors (Lipinski definition) is 2. The molecule has 1 saturated carbocycles. The summed E-state index contributed by atoms with van der Waals surface area (Å²) in [7, 11) is 1.74. The van der Waals surface area contributed by atoms with Crippen molar-refractivity contribution in [2.24, 2.45) is 11.8 Å². The van der Waals surface area contributed by atoms with Crippen molar-refractivity contribution in [1.29, 1.82) is 0 Å². The molecule has 1 aliphatic rings. The summed E-state index contributed by atoms with van der Waals surface area (Å²) in [6, 6.07) is 8.92. The van der Waals surface area contributed by atoms with Gasteiger partial charge in [-0.3, -0.25) is 0 Å². The fraction of sp³-hybridized carbons (Fsp3) is 0.625. The van der Waals surface area contributed by atoms with E-state index in [-0.39, 0.29) is 0 Å². The summed E-state index contributed by atoms with van der Waals surface area (Å²) in [5.41, 5.74) is 1.26. The minimum absolute atomic E-state index is 0.652. The van der Waals surface area contributed by atoms with Crippen LogP contribution >= 0.6 is 0 Å². The maximum absolute atomic E-state index is 5.39. The molecule has 0 amide bonds. The van der Waals surface area contributed by atoms with Crippen LogP contribution in [0.2, 0.25) is 0 Å². The van der Waals surface area contributed by atoms with Crippen LogP contribution in [-0.2, 0) is 6.54 Å². The number of ether oxygens (including phenoxy) is 1. The fourth-order valence-electron chi connectivity index (χ4n) is 2.91. The molecule has 0 aromatic heterocycles. The van der Waals surface area contributed by atoms with Crippen molar-refractivity contribution in [1.82, 2.24) is 5.32 Å². The molecule has 0 bridgehead atoms. The molecule has 0 aliphatic heterocycles. The summed E-state index contributed by atoms with van der Waals surface area (Å²) in [4.78, 5) is 0. The van der Waals surface area contributed by atoms with Gasteiger partial charge in [0.2, 0.25) is 0 Å². The van der Waals surface area contributed by atoms with Gasteiger partial charge in [-0.2, -0.15) is 0 Å². The van der Waals surface area contributed by atoms with Crippen molar-refractivity contribution in [3.63, 3.8) is 0 Å². The maximum Gasteiger partial charge on any atom is 0.123 e. The first-order valence-electron chi connectivity index (χ1n) is 7.06. The summed E-state index contributed by atoms with van der Waals surface area (Å²) in [5, 5.41) is 3.71. The Kier molecular flexibility index (Phi) is 4.65. The first-order chi connectivity index (χ1) is 8.70. The molecule has 1 aliphatic carbocycles. The number of rotatable bonds is 4. The van der Waals surface area contributed by atoms with Gasteiger partial charge in [0.05, 0.1) is 7.11 Å². The topological polar surface area (TPSA) is 21.3 Å². The van der Waals surface area contributed by atoms with E-state index in [1.54, 1.807) is 7.11 Å². The van der Waals surface area contributed by atoms with Gasteiger partial charge in [-0.15, -0.1) is 0 Å². The van der Waals surface area contributed by atoms with Crippen LogP contribution in [0, 0.1) is 11.8 Å². The van der Waals surface area contributed by atoms with E-state index in [0.29, 0.717) is 6.04 Å². The Labute approximate surface area is 111 Å². The predicted molar refractivity (Wildman–Crippen MR) is 75.8 cm³/mol. The van der Waals surface area contributed by atoms with Gasteiger partial charge >= 0.3 is 0 Å². The van der Waals surface area contributed by atoms with Crippen molar-refractivity contribution in [2.75, 3.05) is 7.11 Å². The highest BCUT2D eigenvalue weighted by Gasteiger charge is 2.24. The fourth-order valence-corrected chi connectivity index (χ4v) is 2.91. The van der Waals surface area contributed by atoms with Gasteiger partial charge in [0.1, 0.15) is 5.75 Å². The van der Waals surface area contributed by atoms with Crippen LogP contribution in [0.15, 0.2) is 24.3 Å². The number of methoxy groups -OCH3 is 1. The first-order valence-corrected chi connectivity index (χ1v) is 7.06. The Balaban J connectivity index is 1.94. The van der Waals surface area contributed by atoms with Crippen molar-refractivity contribution in [3.05, 3.63) is 29.8 Å². The Bertz CT molecular complexity index is 377. The zero-order valence-corrected chi connectivity index (χ0v) is 11.8. The molecule has 18 heavy (non-hydrogen) atoms. The van der Waals surface area contributed by atoms with Gasteiger partial charge in [0.25, 0.3) is 0 Å². The highest BCUT2D eigenvalue weighted by molar-refractivity contribution is 5.33. The van der Waals surface area contributed by atoms with Crippen LogP contribution in [0.25, 0.3) is 0 Å². The summed E-state index contributed by atoms with van der Waals surface area (Å²) < 4.78 is 5.39. The Morgan fingerprint density at radius 1 is 1.22 bits per heavy atom. The molecule has 0 spiro atoms. The van der Waals surface area contributed by atoms with E-state index >= 15 is 0 Å². The summed E-state index contributed by atoms with van der Waals surface area (Å²) in [5.74, 6) is 2.63. The van der Waals surface area contributed by atoms with Crippen molar-refractivity contribution in [3.8, 4) is 5.75 Å². The molecular weight excluding hydrogens is 222 g/mol. The number of nitrogens with one attached hydrogen (secondary N) is 1. The predicted octanol–water partition coefficient (Wildman–Crippen LogP) is 3.61. The van der Waals surface area contributed by atoms with E-state index in [1.165, 1.54) is 24.8 Å². The van der Waals surface area contributed by atoms with Gasteiger partial charge in [-0.25, -0.2) is 0 Å². The molecule has 2 heteroatoms. The van der Waals surface area contributed by atoms with E-state index in [4.69, 9.17) is 4.74 Å². The molecule has 1 N–H and O–H groups in total. The molecule has 1 fully saturated rings. The van der Waals surface area contributed by atoms with E-state index in [0.717, 1.165) is 24.1 Å². The Morgan fingerprint density at radius 2 is 2.00 bits per heavy atom. The van der Waals surface area contributed by atoms with E-state index in [9.17, 15) is 0 Å². The van der Waals surface area contributed by atoms with Gasteiger partial charge in [0, 0.05) is 18.2 Å². The molecule has 0 saturated heterocycles. The van der Waals surface area contributed by atoms with Crippen molar-refractivity contribution in [2.45, 2.75) is 45.7 Å². The lowest BCUT2D eigenvalue weighted by Crippen LogP contribution is -2.39. The monoisotopic (exact) mass is 247 g/mol. The second kappa shape index (κ2) is 6.24. The Hall–Kier alpha value is -1.02. The van der Waals surface area contributed by atoms with E-state index < -0.39 is 0 Å². The van der Waals surface area contributed by atoms with Crippen LogP contribution in [-0.4, -0.2) is 13.2 Å². The highest BCUT2D eigenvalue weighted by atomic mass is 16.5. The minimum atomic E-state index is 0.652. The van der Waals surface area contributed by atoms with Crippen LogP contribution in [0.1, 0.15) is 38.7 Å². The highest BCUT2D eigenvalue weighted by Crippen LogP contribution is 2.29. The molecule has 3 unspecified atom stereocenters. The zero-order chi connectivity index (χ0) is 13.0.